The monoisotopic (exact) mass is 291 g/mol. The van der Waals surface area contributed by atoms with Crippen LogP contribution in [0.2, 0.25) is 5.02 Å². The molecule has 1 rings (SSSR count). The average Bonchev–Trinajstić information content (AvgIpc) is 2.21. The largest absolute Gasteiger partial charge is 0.394 e. The number of benzene rings is 1. The minimum Gasteiger partial charge on any atom is -0.394 e. The molecule has 1 atom stereocenters. The third kappa shape index (κ3) is 3.48. The lowest BCUT2D eigenvalue weighted by Crippen LogP contribution is -2.35. The Kier molecular flexibility index (Phi) is 4.57. The third-order valence-corrected chi connectivity index (χ3v) is 2.75. The Morgan fingerprint density at radius 1 is 1.67 bits per heavy atom. The lowest BCUT2D eigenvalue weighted by atomic mass is 10.2. The maximum atomic E-state index is 11.7. The van der Waals surface area contributed by atoms with E-state index in [0.29, 0.717) is 15.1 Å². The van der Waals surface area contributed by atoms with Crippen LogP contribution in [-0.4, -0.2) is 23.7 Å². The molecule has 0 fully saturated rings. The van der Waals surface area contributed by atoms with Gasteiger partial charge in [-0.3, -0.25) is 4.79 Å². The molecule has 5 heteroatoms. The van der Waals surface area contributed by atoms with E-state index < -0.39 is 0 Å². The van der Waals surface area contributed by atoms with Crippen LogP contribution in [0, 0.1) is 0 Å². The summed E-state index contributed by atoms with van der Waals surface area (Å²) in [5.41, 5.74) is 0.461. The highest BCUT2D eigenvalue weighted by atomic mass is 79.9. The summed E-state index contributed by atoms with van der Waals surface area (Å²) in [6, 6.07) is 4.70. The van der Waals surface area contributed by atoms with Crippen molar-refractivity contribution in [2.75, 3.05) is 6.61 Å². The van der Waals surface area contributed by atoms with Crippen molar-refractivity contribution >= 4 is 33.4 Å². The molecule has 1 aromatic rings. The minimum atomic E-state index is -0.275. The van der Waals surface area contributed by atoms with Gasteiger partial charge >= 0.3 is 0 Å². The van der Waals surface area contributed by atoms with E-state index in [1.165, 1.54) is 0 Å². The molecule has 3 nitrogen and oxygen atoms in total. The first-order chi connectivity index (χ1) is 7.04. The molecule has 15 heavy (non-hydrogen) atoms. The van der Waals surface area contributed by atoms with Crippen molar-refractivity contribution in [1.82, 2.24) is 5.32 Å². The highest BCUT2D eigenvalue weighted by Gasteiger charge is 2.12. The summed E-state index contributed by atoms with van der Waals surface area (Å²) in [6.45, 7) is 1.63. The Bertz CT molecular complexity index is 370. The fourth-order valence-electron chi connectivity index (χ4n) is 1.02. The molecular formula is C10H11BrClNO2. The first kappa shape index (κ1) is 12.5. The fraction of sp³-hybridized carbons (Fsp3) is 0.300. The number of halogens is 2. The van der Waals surface area contributed by atoms with E-state index >= 15 is 0 Å². The molecule has 0 unspecified atom stereocenters. The lowest BCUT2D eigenvalue weighted by molar-refractivity contribution is 0.0921. The molecule has 1 amide bonds. The Labute approximate surface area is 102 Å². The zero-order valence-electron chi connectivity index (χ0n) is 8.13. The van der Waals surface area contributed by atoms with Gasteiger partial charge in [-0.2, -0.15) is 0 Å². The van der Waals surface area contributed by atoms with E-state index in [0.717, 1.165) is 0 Å². The second-order valence-corrected chi connectivity index (χ2v) is 4.47. The average molecular weight is 293 g/mol. The number of hydrogen-bond acceptors (Lipinski definition) is 2. The van der Waals surface area contributed by atoms with Gasteiger partial charge in [-0.15, -0.1) is 0 Å². The summed E-state index contributed by atoms with van der Waals surface area (Å²) in [4.78, 5) is 11.7. The van der Waals surface area contributed by atoms with Gasteiger partial charge in [0.2, 0.25) is 0 Å². The number of nitrogens with one attached hydrogen (secondary N) is 1. The van der Waals surface area contributed by atoms with E-state index in [9.17, 15) is 4.79 Å². The van der Waals surface area contributed by atoms with E-state index in [1.54, 1.807) is 25.1 Å². The highest BCUT2D eigenvalue weighted by molar-refractivity contribution is 9.10. The molecule has 0 radical (unpaired) electrons. The van der Waals surface area contributed by atoms with Gasteiger partial charge in [0.25, 0.3) is 5.91 Å². The number of rotatable bonds is 3. The Morgan fingerprint density at radius 2 is 2.33 bits per heavy atom. The van der Waals surface area contributed by atoms with Crippen molar-refractivity contribution in [1.29, 1.82) is 0 Å². The van der Waals surface area contributed by atoms with Crippen LogP contribution in [0.4, 0.5) is 0 Å². The van der Waals surface area contributed by atoms with Crippen LogP contribution in [0.5, 0.6) is 0 Å². The van der Waals surface area contributed by atoms with Crippen molar-refractivity contribution in [3.8, 4) is 0 Å². The minimum absolute atomic E-state index is 0.0933. The number of aliphatic hydroxyl groups excluding tert-OH is 1. The van der Waals surface area contributed by atoms with Crippen LogP contribution < -0.4 is 5.32 Å². The molecule has 82 valence electrons. The first-order valence-corrected chi connectivity index (χ1v) is 5.58. The Hall–Kier alpha value is -0.580. The summed E-state index contributed by atoms with van der Waals surface area (Å²) in [6.07, 6.45) is 0. The number of carbonyl (C=O) groups excluding carboxylic acids is 1. The molecule has 0 aliphatic carbocycles. The van der Waals surface area contributed by atoms with Crippen molar-refractivity contribution in [2.24, 2.45) is 0 Å². The number of aliphatic hydroxyl groups is 1. The molecular weight excluding hydrogens is 281 g/mol. The van der Waals surface area contributed by atoms with Crippen LogP contribution in [0.25, 0.3) is 0 Å². The summed E-state index contributed by atoms with van der Waals surface area (Å²) in [5, 5.41) is 11.9. The van der Waals surface area contributed by atoms with E-state index in [1.807, 2.05) is 0 Å². The summed E-state index contributed by atoms with van der Waals surface area (Å²) in [5.74, 6) is -0.258. The molecule has 2 N–H and O–H groups in total. The summed E-state index contributed by atoms with van der Waals surface area (Å²) < 4.78 is 0.675. The van der Waals surface area contributed by atoms with Crippen LogP contribution in [0.3, 0.4) is 0 Å². The van der Waals surface area contributed by atoms with E-state index in [2.05, 4.69) is 21.2 Å². The fourth-order valence-corrected chi connectivity index (χ4v) is 1.62. The van der Waals surface area contributed by atoms with Gasteiger partial charge in [-0.25, -0.2) is 0 Å². The molecule has 1 aromatic carbocycles. The molecule has 0 saturated carbocycles. The van der Waals surface area contributed by atoms with Crippen molar-refractivity contribution < 1.29 is 9.90 Å². The van der Waals surface area contributed by atoms with Gasteiger partial charge in [0.05, 0.1) is 12.2 Å². The van der Waals surface area contributed by atoms with Gasteiger partial charge in [-0.1, -0.05) is 11.6 Å². The predicted molar refractivity (Wildman–Crippen MR) is 63.2 cm³/mol. The molecule has 0 heterocycles. The van der Waals surface area contributed by atoms with E-state index in [-0.39, 0.29) is 18.6 Å². The first-order valence-electron chi connectivity index (χ1n) is 4.41. The molecule has 0 saturated heterocycles. The smallest absolute Gasteiger partial charge is 0.252 e. The van der Waals surface area contributed by atoms with Crippen LogP contribution >= 0.6 is 27.5 Å². The quantitative estimate of drug-likeness (QED) is 0.897. The number of carbonyl (C=O) groups is 1. The maximum Gasteiger partial charge on any atom is 0.252 e. The molecule has 0 aliphatic heterocycles. The summed E-state index contributed by atoms with van der Waals surface area (Å²) in [7, 11) is 0. The zero-order chi connectivity index (χ0) is 11.4. The lowest BCUT2D eigenvalue weighted by Gasteiger charge is -2.11. The highest BCUT2D eigenvalue weighted by Crippen LogP contribution is 2.21. The molecule has 0 spiro atoms. The zero-order valence-corrected chi connectivity index (χ0v) is 10.5. The van der Waals surface area contributed by atoms with Gasteiger partial charge in [0.15, 0.2) is 0 Å². The normalized spacial score (nSPS) is 12.3. The number of amides is 1. The SMILES string of the molecule is C[C@H](CO)NC(=O)c1cc(Cl)ccc1Br. The van der Waals surface area contributed by atoms with Gasteiger partial charge < -0.3 is 10.4 Å². The number of hydrogen-bond donors (Lipinski definition) is 2. The second kappa shape index (κ2) is 5.49. The molecule has 0 aromatic heterocycles. The topological polar surface area (TPSA) is 49.3 Å². The van der Waals surface area contributed by atoms with Crippen LogP contribution in [-0.2, 0) is 0 Å². The molecule has 0 aliphatic rings. The van der Waals surface area contributed by atoms with Crippen LogP contribution in [0.15, 0.2) is 22.7 Å². The Balaban J connectivity index is 2.86. The molecule has 0 bridgehead atoms. The maximum absolute atomic E-state index is 11.7. The summed E-state index contributed by atoms with van der Waals surface area (Å²) >= 11 is 9.04. The second-order valence-electron chi connectivity index (χ2n) is 3.18. The van der Waals surface area contributed by atoms with E-state index in [4.69, 9.17) is 16.7 Å². The van der Waals surface area contributed by atoms with Gasteiger partial charge in [-0.05, 0) is 41.1 Å². The van der Waals surface area contributed by atoms with Gasteiger partial charge in [0.1, 0.15) is 0 Å². The van der Waals surface area contributed by atoms with Gasteiger partial charge in [0, 0.05) is 15.5 Å². The predicted octanol–water partition coefficient (Wildman–Crippen LogP) is 2.21. The third-order valence-electron chi connectivity index (χ3n) is 1.82. The van der Waals surface area contributed by atoms with Crippen molar-refractivity contribution in [2.45, 2.75) is 13.0 Å². The van der Waals surface area contributed by atoms with Crippen molar-refractivity contribution in [3.05, 3.63) is 33.3 Å². The standard InChI is InChI=1S/C10H11BrClNO2/c1-6(5-14)13-10(15)8-4-7(12)2-3-9(8)11/h2-4,6,14H,5H2,1H3,(H,13,15)/t6-/m1/s1. The van der Waals surface area contributed by atoms with Crippen LogP contribution in [0.1, 0.15) is 17.3 Å². The van der Waals surface area contributed by atoms with Crippen molar-refractivity contribution in [3.63, 3.8) is 0 Å². The Morgan fingerprint density at radius 3 is 2.93 bits per heavy atom.